The molecule has 0 aromatic heterocycles. The second kappa shape index (κ2) is 9.33. The summed E-state index contributed by atoms with van der Waals surface area (Å²) >= 11 is 0. The maximum absolute atomic E-state index is 13.2. The molecule has 1 N–H and O–H groups in total. The molecule has 5 saturated carbocycles. The van der Waals surface area contributed by atoms with E-state index in [9.17, 15) is 19.5 Å². The highest BCUT2D eigenvalue weighted by atomic mass is 16.3. The predicted octanol–water partition coefficient (Wildman–Crippen LogP) is 6.24. The van der Waals surface area contributed by atoms with Crippen LogP contribution in [-0.2, 0) is 14.4 Å². The molecule has 35 heavy (non-hydrogen) atoms. The van der Waals surface area contributed by atoms with Gasteiger partial charge in [0.05, 0.1) is 11.1 Å². The molecule has 8 unspecified atom stereocenters. The Labute approximate surface area is 208 Å². The number of Topliss-reactive ketones (excluding diaryl/α,β-unsaturated/α-hetero) is 3. The number of ketones is 3. The summed E-state index contributed by atoms with van der Waals surface area (Å²) in [7, 11) is 0. The molecule has 186 valence electrons. The lowest BCUT2D eigenvalue weighted by molar-refractivity contribution is -0.125. The van der Waals surface area contributed by atoms with E-state index < -0.39 is 0 Å². The molecule has 0 spiro atoms. The van der Waals surface area contributed by atoms with Gasteiger partial charge in [-0.2, -0.15) is 0 Å². The normalized spacial score (nSPS) is 42.6. The Kier molecular flexibility index (Phi) is 6.18. The van der Waals surface area contributed by atoms with E-state index >= 15 is 0 Å². The summed E-state index contributed by atoms with van der Waals surface area (Å²) < 4.78 is 0. The SMILES string of the molecule is O=C1C(=CC=CC=CC2=C(O)C3CCC4CCCCC4C3C2=O)C(=O)C2C1CCC1CCCCC12. The van der Waals surface area contributed by atoms with Crippen molar-refractivity contribution in [2.24, 2.45) is 47.3 Å². The second-order valence-corrected chi connectivity index (χ2v) is 12.1. The number of aliphatic hydroxyl groups is 1. The Morgan fingerprint density at radius 2 is 1.20 bits per heavy atom. The predicted molar refractivity (Wildman–Crippen MR) is 134 cm³/mol. The number of carbonyl (C=O) groups excluding carboxylic acids is 3. The summed E-state index contributed by atoms with van der Waals surface area (Å²) in [5.74, 6) is 2.32. The van der Waals surface area contributed by atoms with Gasteiger partial charge in [0.15, 0.2) is 17.3 Å². The fourth-order valence-corrected chi connectivity index (χ4v) is 8.94. The monoisotopic (exact) mass is 474 g/mol. The lowest BCUT2D eigenvalue weighted by Gasteiger charge is -2.42. The van der Waals surface area contributed by atoms with Crippen LogP contribution in [0.1, 0.15) is 77.0 Å². The quantitative estimate of drug-likeness (QED) is 0.299. The third-order valence-electron chi connectivity index (χ3n) is 10.5. The van der Waals surface area contributed by atoms with E-state index in [1.165, 1.54) is 38.5 Å². The molecule has 0 radical (unpaired) electrons. The number of aliphatic hydroxyl groups excluding tert-OH is 1. The Hall–Kier alpha value is -2.23. The minimum atomic E-state index is -0.109. The number of hydrogen-bond acceptors (Lipinski definition) is 4. The van der Waals surface area contributed by atoms with Gasteiger partial charge in [-0.3, -0.25) is 14.4 Å². The van der Waals surface area contributed by atoms with Crippen LogP contribution >= 0.6 is 0 Å². The van der Waals surface area contributed by atoms with Gasteiger partial charge in [0.25, 0.3) is 0 Å². The molecule has 0 heterocycles. The van der Waals surface area contributed by atoms with Crippen LogP contribution in [0.4, 0.5) is 0 Å². The van der Waals surface area contributed by atoms with Crippen molar-refractivity contribution < 1.29 is 19.5 Å². The highest BCUT2D eigenvalue weighted by Crippen LogP contribution is 2.53. The molecule has 4 nitrogen and oxygen atoms in total. The van der Waals surface area contributed by atoms with Crippen molar-refractivity contribution in [3.8, 4) is 0 Å². The summed E-state index contributed by atoms with van der Waals surface area (Å²) in [5, 5.41) is 10.8. The topological polar surface area (TPSA) is 71.4 Å². The summed E-state index contributed by atoms with van der Waals surface area (Å²) in [6.45, 7) is 0. The molecule has 0 saturated heterocycles. The highest BCUT2D eigenvalue weighted by Gasteiger charge is 2.53. The molecule has 0 aromatic carbocycles. The van der Waals surface area contributed by atoms with Gasteiger partial charge in [-0.1, -0.05) is 56.8 Å². The lowest BCUT2D eigenvalue weighted by Crippen LogP contribution is -2.38. The van der Waals surface area contributed by atoms with Crippen molar-refractivity contribution in [2.75, 3.05) is 0 Å². The van der Waals surface area contributed by atoms with Gasteiger partial charge in [-0.05, 0) is 74.3 Å². The van der Waals surface area contributed by atoms with Crippen LogP contribution in [-0.4, -0.2) is 22.5 Å². The van der Waals surface area contributed by atoms with Crippen LogP contribution in [0.25, 0.3) is 0 Å². The standard InChI is InChI=1S/C31H38O4/c32-28-22-16-14-18-8-4-6-10-20(18)26(22)30(34)24(28)12-2-1-3-13-25-29(33)23-17-15-19-9-5-7-11-21(19)27(23)31(25)35/h1-3,12-13,18-23,26-27,32H,4-11,14-17H2. The molecular formula is C31H38O4. The zero-order valence-electron chi connectivity index (χ0n) is 20.7. The van der Waals surface area contributed by atoms with Crippen molar-refractivity contribution >= 4 is 17.3 Å². The molecule has 0 bridgehead atoms. The minimum absolute atomic E-state index is 0.00622. The third kappa shape index (κ3) is 3.83. The van der Waals surface area contributed by atoms with Crippen LogP contribution in [0.2, 0.25) is 0 Å². The first-order valence-electron chi connectivity index (χ1n) is 14.2. The fraction of sp³-hybridized carbons (Fsp3) is 0.645. The van der Waals surface area contributed by atoms with Crippen LogP contribution < -0.4 is 0 Å². The third-order valence-corrected chi connectivity index (χ3v) is 10.5. The molecular weight excluding hydrogens is 436 g/mol. The van der Waals surface area contributed by atoms with Crippen molar-refractivity contribution in [2.45, 2.75) is 77.0 Å². The summed E-state index contributed by atoms with van der Waals surface area (Å²) in [6, 6.07) is 0. The maximum atomic E-state index is 13.2. The van der Waals surface area contributed by atoms with Crippen molar-refractivity contribution in [3.05, 3.63) is 47.3 Å². The molecule has 0 aliphatic heterocycles. The van der Waals surface area contributed by atoms with Crippen molar-refractivity contribution in [1.82, 2.24) is 0 Å². The molecule has 6 rings (SSSR count). The minimum Gasteiger partial charge on any atom is -0.511 e. The van der Waals surface area contributed by atoms with E-state index in [-0.39, 0.29) is 46.8 Å². The average molecular weight is 475 g/mol. The Morgan fingerprint density at radius 1 is 0.600 bits per heavy atom. The number of allylic oxidation sites excluding steroid dienone is 8. The van der Waals surface area contributed by atoms with E-state index in [1.807, 2.05) is 0 Å². The zero-order valence-corrected chi connectivity index (χ0v) is 20.7. The Morgan fingerprint density at radius 3 is 1.89 bits per heavy atom. The fourth-order valence-electron chi connectivity index (χ4n) is 8.94. The molecule has 4 heteroatoms. The largest absolute Gasteiger partial charge is 0.511 e. The number of rotatable bonds is 3. The van der Waals surface area contributed by atoms with E-state index in [0.29, 0.717) is 34.8 Å². The first-order chi connectivity index (χ1) is 17.1. The molecule has 0 aromatic rings. The van der Waals surface area contributed by atoms with Crippen LogP contribution in [0.15, 0.2) is 47.3 Å². The highest BCUT2D eigenvalue weighted by molar-refractivity contribution is 6.27. The molecule has 6 aliphatic rings. The molecule has 0 amide bonds. The van der Waals surface area contributed by atoms with E-state index in [2.05, 4.69) is 0 Å². The van der Waals surface area contributed by atoms with Gasteiger partial charge >= 0.3 is 0 Å². The summed E-state index contributed by atoms with van der Waals surface area (Å²) in [5.41, 5.74) is 0.829. The average Bonchev–Trinajstić information content (AvgIpc) is 3.28. The summed E-state index contributed by atoms with van der Waals surface area (Å²) in [4.78, 5) is 39.4. The molecule has 8 atom stereocenters. The van der Waals surface area contributed by atoms with Gasteiger partial charge in [0.2, 0.25) is 0 Å². The molecule has 6 aliphatic carbocycles. The number of carbonyl (C=O) groups is 3. The molecule has 5 fully saturated rings. The van der Waals surface area contributed by atoms with Crippen LogP contribution in [0.5, 0.6) is 0 Å². The van der Waals surface area contributed by atoms with E-state index in [1.54, 1.807) is 30.4 Å². The van der Waals surface area contributed by atoms with E-state index in [4.69, 9.17) is 0 Å². The van der Waals surface area contributed by atoms with E-state index in [0.717, 1.165) is 38.5 Å². The van der Waals surface area contributed by atoms with Crippen molar-refractivity contribution in [3.63, 3.8) is 0 Å². The van der Waals surface area contributed by atoms with Gasteiger partial charge in [-0.15, -0.1) is 0 Å². The van der Waals surface area contributed by atoms with Gasteiger partial charge in [0, 0.05) is 23.7 Å². The second-order valence-electron chi connectivity index (χ2n) is 12.1. The zero-order chi connectivity index (χ0) is 24.1. The lowest BCUT2D eigenvalue weighted by atomic mass is 9.62. The van der Waals surface area contributed by atoms with Crippen LogP contribution in [0, 0.1) is 47.3 Å². The smallest absolute Gasteiger partial charge is 0.170 e. The van der Waals surface area contributed by atoms with Gasteiger partial charge in [0.1, 0.15) is 5.76 Å². The summed E-state index contributed by atoms with van der Waals surface area (Å²) in [6.07, 6.45) is 22.2. The number of hydrogen-bond donors (Lipinski definition) is 1. The van der Waals surface area contributed by atoms with Crippen LogP contribution in [0.3, 0.4) is 0 Å². The number of fused-ring (bicyclic) bond motifs is 6. The Bertz CT molecular complexity index is 1040. The van der Waals surface area contributed by atoms with Crippen molar-refractivity contribution in [1.29, 1.82) is 0 Å². The first-order valence-corrected chi connectivity index (χ1v) is 14.2. The Balaban J connectivity index is 1.14. The van der Waals surface area contributed by atoms with Gasteiger partial charge in [-0.25, -0.2) is 0 Å². The first kappa shape index (κ1) is 23.2. The van der Waals surface area contributed by atoms with Gasteiger partial charge < -0.3 is 5.11 Å². The maximum Gasteiger partial charge on any atom is 0.170 e.